The van der Waals surface area contributed by atoms with Gasteiger partial charge in [-0.1, -0.05) is 77.8 Å². The number of sulfonamides is 1. The smallest absolute Gasteiger partial charge is 0.262 e. The first-order valence-corrected chi connectivity index (χ1v) is 15.8. The summed E-state index contributed by atoms with van der Waals surface area (Å²) in [6.45, 7) is -0.287. The zero-order valence-electron chi connectivity index (χ0n) is 23.0. The van der Waals surface area contributed by atoms with Crippen LogP contribution in [0.4, 0.5) is 5.69 Å². The number of hydrogen-bond donors (Lipinski definition) is 1. The van der Waals surface area contributed by atoms with E-state index in [-0.39, 0.29) is 23.9 Å². The summed E-state index contributed by atoms with van der Waals surface area (Å²) in [6.07, 6.45) is -0.344. The molecule has 5 rings (SSSR count). The second-order valence-corrected chi connectivity index (χ2v) is 12.8. The van der Waals surface area contributed by atoms with Gasteiger partial charge in [-0.05, 0) is 66.1 Å². The molecular formula is C32H29Cl2N3O5S. The molecule has 1 heterocycles. The maximum atomic E-state index is 13.9. The molecule has 0 saturated carbocycles. The number of nitrogens with zero attached hydrogens (tertiary/aromatic N) is 2. The monoisotopic (exact) mass is 637 g/mol. The quantitative estimate of drug-likeness (QED) is 0.253. The average molecular weight is 639 g/mol. The standard InChI is InChI=1S/C32H29Cl2N3O5S/c33-25-13-15-27(16-14-25)43(40,41)36(20-24-9-6-10-26(34)19-24)22-31(38)37-21-30(42-29-12-5-4-11-28(29)37)32(39)35-18-17-23-7-2-1-3-8-23/h1-16,19,30H,17-18,20-22H2,(H,35,39). The minimum atomic E-state index is -4.13. The van der Waals surface area contributed by atoms with E-state index in [0.29, 0.717) is 40.0 Å². The van der Waals surface area contributed by atoms with Gasteiger partial charge in [-0.25, -0.2) is 8.42 Å². The third-order valence-corrected chi connectivity index (χ3v) is 9.23. The van der Waals surface area contributed by atoms with Crippen LogP contribution in [0.2, 0.25) is 10.0 Å². The van der Waals surface area contributed by atoms with Crippen molar-refractivity contribution in [3.05, 3.63) is 124 Å². The summed E-state index contributed by atoms with van der Waals surface area (Å²) in [5.41, 5.74) is 2.14. The summed E-state index contributed by atoms with van der Waals surface area (Å²) >= 11 is 12.2. The van der Waals surface area contributed by atoms with Gasteiger partial charge in [0.25, 0.3) is 5.91 Å². The lowest BCUT2D eigenvalue weighted by atomic mass is 10.1. The Morgan fingerprint density at radius 1 is 0.860 bits per heavy atom. The first kappa shape index (κ1) is 30.6. The number of carbonyl (C=O) groups is 2. The van der Waals surface area contributed by atoms with E-state index in [9.17, 15) is 18.0 Å². The fraction of sp³-hybridized carbons (Fsp3) is 0.188. The molecule has 1 N–H and O–H groups in total. The third-order valence-electron chi connectivity index (χ3n) is 6.93. The van der Waals surface area contributed by atoms with Gasteiger partial charge in [0.1, 0.15) is 5.75 Å². The van der Waals surface area contributed by atoms with Crippen LogP contribution in [0.5, 0.6) is 5.75 Å². The van der Waals surface area contributed by atoms with Gasteiger partial charge < -0.3 is 15.0 Å². The minimum absolute atomic E-state index is 0.00947. The largest absolute Gasteiger partial charge is 0.477 e. The van der Waals surface area contributed by atoms with Gasteiger partial charge >= 0.3 is 0 Å². The van der Waals surface area contributed by atoms with Crippen molar-refractivity contribution >= 4 is 50.7 Å². The fourth-order valence-electron chi connectivity index (χ4n) is 4.75. The van der Waals surface area contributed by atoms with Crippen molar-refractivity contribution in [3.63, 3.8) is 0 Å². The maximum absolute atomic E-state index is 13.9. The van der Waals surface area contributed by atoms with E-state index in [1.165, 1.54) is 29.2 Å². The summed E-state index contributed by atoms with van der Waals surface area (Å²) in [4.78, 5) is 28.4. The van der Waals surface area contributed by atoms with Crippen LogP contribution in [0.15, 0.2) is 108 Å². The molecule has 4 aromatic rings. The van der Waals surface area contributed by atoms with Gasteiger partial charge in [0.05, 0.1) is 23.7 Å². The number of fused-ring (bicyclic) bond motifs is 1. The highest BCUT2D eigenvalue weighted by molar-refractivity contribution is 7.89. The molecule has 1 aliphatic heterocycles. The van der Waals surface area contributed by atoms with E-state index >= 15 is 0 Å². The van der Waals surface area contributed by atoms with Crippen molar-refractivity contribution in [2.75, 3.05) is 24.5 Å². The van der Waals surface area contributed by atoms with Crippen molar-refractivity contribution in [1.82, 2.24) is 9.62 Å². The SMILES string of the molecule is O=C(NCCc1ccccc1)C1CN(C(=O)CN(Cc2cccc(Cl)c2)S(=O)(=O)c2ccc(Cl)cc2)c2ccccc2O1. The first-order valence-electron chi connectivity index (χ1n) is 13.6. The highest BCUT2D eigenvalue weighted by Crippen LogP contribution is 2.34. The Balaban J connectivity index is 1.38. The van der Waals surface area contributed by atoms with Crippen LogP contribution in [0.25, 0.3) is 0 Å². The number of anilines is 1. The van der Waals surface area contributed by atoms with Crippen LogP contribution in [0.1, 0.15) is 11.1 Å². The van der Waals surface area contributed by atoms with Crippen LogP contribution < -0.4 is 15.0 Å². The molecule has 1 aliphatic rings. The highest BCUT2D eigenvalue weighted by Gasteiger charge is 2.36. The number of benzene rings is 4. The van der Waals surface area contributed by atoms with Crippen molar-refractivity contribution < 1.29 is 22.7 Å². The molecule has 4 aromatic carbocycles. The second kappa shape index (κ2) is 13.6. The molecule has 0 bridgehead atoms. The normalized spacial score (nSPS) is 14.6. The molecule has 2 amide bonds. The highest BCUT2D eigenvalue weighted by atomic mass is 35.5. The Labute approximate surface area is 260 Å². The van der Waals surface area contributed by atoms with E-state index in [1.807, 2.05) is 30.3 Å². The molecule has 0 aromatic heterocycles. The molecule has 0 saturated heterocycles. The number of nitrogens with one attached hydrogen (secondary N) is 1. The first-order chi connectivity index (χ1) is 20.7. The zero-order valence-corrected chi connectivity index (χ0v) is 25.4. The molecule has 0 spiro atoms. The van der Waals surface area contributed by atoms with Crippen molar-refractivity contribution in [2.45, 2.75) is 24.0 Å². The van der Waals surface area contributed by atoms with E-state index in [0.717, 1.165) is 9.87 Å². The molecule has 1 atom stereocenters. The number of para-hydroxylation sites is 2. The molecule has 8 nitrogen and oxygen atoms in total. The Bertz CT molecular complexity index is 1700. The van der Waals surface area contributed by atoms with Crippen molar-refractivity contribution in [2.24, 2.45) is 0 Å². The van der Waals surface area contributed by atoms with Gasteiger partial charge in [0, 0.05) is 23.1 Å². The third kappa shape index (κ3) is 7.55. The summed E-state index contributed by atoms with van der Waals surface area (Å²) < 4.78 is 34.7. The van der Waals surface area contributed by atoms with Gasteiger partial charge in [-0.2, -0.15) is 4.31 Å². The maximum Gasteiger partial charge on any atom is 0.262 e. The summed E-state index contributed by atoms with van der Waals surface area (Å²) in [7, 11) is -4.13. The van der Waals surface area contributed by atoms with Gasteiger partial charge in [-0.15, -0.1) is 0 Å². The van der Waals surface area contributed by atoms with Gasteiger partial charge in [0.2, 0.25) is 15.9 Å². The number of hydrogen-bond acceptors (Lipinski definition) is 5. The topological polar surface area (TPSA) is 96.0 Å². The lowest BCUT2D eigenvalue weighted by Gasteiger charge is -2.35. The molecule has 0 fully saturated rings. The zero-order chi connectivity index (χ0) is 30.4. The molecule has 0 aliphatic carbocycles. The number of ether oxygens (including phenoxy) is 1. The molecule has 11 heteroatoms. The Kier molecular flexibility index (Phi) is 9.67. The van der Waals surface area contributed by atoms with E-state index in [1.54, 1.807) is 48.5 Å². The Hall–Kier alpha value is -3.89. The predicted octanol–water partition coefficient (Wildman–Crippen LogP) is 5.34. The van der Waals surface area contributed by atoms with Gasteiger partial charge in [-0.3, -0.25) is 9.59 Å². The molecule has 43 heavy (non-hydrogen) atoms. The predicted molar refractivity (Wildman–Crippen MR) is 167 cm³/mol. The summed E-state index contributed by atoms with van der Waals surface area (Å²) in [5.74, 6) is -0.530. The van der Waals surface area contributed by atoms with Crippen LogP contribution in [-0.2, 0) is 32.6 Å². The fourth-order valence-corrected chi connectivity index (χ4v) is 6.47. The van der Waals surface area contributed by atoms with E-state index in [4.69, 9.17) is 27.9 Å². The second-order valence-electron chi connectivity index (χ2n) is 9.96. The van der Waals surface area contributed by atoms with Crippen LogP contribution >= 0.6 is 23.2 Å². The number of carbonyl (C=O) groups excluding carboxylic acids is 2. The van der Waals surface area contributed by atoms with Crippen LogP contribution in [0.3, 0.4) is 0 Å². The average Bonchev–Trinajstić information content (AvgIpc) is 3.01. The Morgan fingerprint density at radius 3 is 2.30 bits per heavy atom. The van der Waals surface area contributed by atoms with Crippen LogP contribution in [-0.4, -0.2) is 50.3 Å². The van der Waals surface area contributed by atoms with Crippen molar-refractivity contribution in [1.29, 1.82) is 0 Å². The number of halogens is 2. The van der Waals surface area contributed by atoms with Crippen molar-refractivity contribution in [3.8, 4) is 5.75 Å². The lowest BCUT2D eigenvalue weighted by molar-refractivity contribution is -0.128. The summed E-state index contributed by atoms with van der Waals surface area (Å²) in [6, 6.07) is 29.2. The number of rotatable bonds is 10. The minimum Gasteiger partial charge on any atom is -0.477 e. The molecule has 222 valence electrons. The van der Waals surface area contributed by atoms with E-state index < -0.39 is 28.6 Å². The van der Waals surface area contributed by atoms with Gasteiger partial charge in [0.15, 0.2) is 6.10 Å². The Morgan fingerprint density at radius 2 is 1.56 bits per heavy atom. The molecular weight excluding hydrogens is 609 g/mol. The molecule has 0 radical (unpaired) electrons. The van der Waals surface area contributed by atoms with E-state index in [2.05, 4.69) is 5.32 Å². The summed E-state index contributed by atoms with van der Waals surface area (Å²) in [5, 5.41) is 3.71. The van der Waals surface area contributed by atoms with Crippen LogP contribution in [0, 0.1) is 0 Å². The lowest BCUT2D eigenvalue weighted by Crippen LogP contribution is -2.53. The number of amides is 2. The molecule has 1 unspecified atom stereocenters.